The van der Waals surface area contributed by atoms with Gasteiger partial charge in [0.05, 0.1) is 32.2 Å². The SMILES string of the molecule is COc1cc(OC)c(F)c(COc2cnc(NC(/C=C(\N)C(=O)N3CCN(C)CC3)=N\C3CCCCO3)nc2)c1F. The van der Waals surface area contributed by atoms with Gasteiger partial charge in [0.25, 0.3) is 5.91 Å². The zero-order valence-electron chi connectivity index (χ0n) is 23.4. The number of amides is 1. The molecule has 0 aliphatic carbocycles. The number of carbonyl (C=O) groups excluding carboxylic acids is 1. The summed E-state index contributed by atoms with van der Waals surface area (Å²) in [5.74, 6) is -1.87. The van der Waals surface area contributed by atoms with Gasteiger partial charge < -0.3 is 39.8 Å². The number of anilines is 1. The van der Waals surface area contributed by atoms with Gasteiger partial charge in [-0.05, 0) is 26.3 Å². The van der Waals surface area contributed by atoms with Crippen LogP contribution in [0.25, 0.3) is 0 Å². The summed E-state index contributed by atoms with van der Waals surface area (Å²) in [6.45, 7) is 2.82. The number of amidine groups is 1. The maximum absolute atomic E-state index is 14.6. The summed E-state index contributed by atoms with van der Waals surface area (Å²) in [4.78, 5) is 29.8. The topological polar surface area (TPSA) is 137 Å². The highest BCUT2D eigenvalue weighted by Crippen LogP contribution is 2.32. The van der Waals surface area contributed by atoms with E-state index in [-0.39, 0.29) is 46.2 Å². The minimum Gasteiger partial charge on any atom is -0.494 e. The third-order valence-corrected chi connectivity index (χ3v) is 6.68. The highest BCUT2D eigenvalue weighted by Gasteiger charge is 2.23. The van der Waals surface area contributed by atoms with Crippen LogP contribution in [0.4, 0.5) is 14.7 Å². The molecule has 2 aromatic rings. The number of piperazine rings is 1. The van der Waals surface area contributed by atoms with Crippen LogP contribution in [-0.4, -0.2) is 91.8 Å². The van der Waals surface area contributed by atoms with Crippen LogP contribution >= 0.6 is 0 Å². The molecule has 3 N–H and O–H groups in total. The van der Waals surface area contributed by atoms with E-state index in [2.05, 4.69) is 25.2 Å². The number of nitrogens with one attached hydrogen (secondary N) is 1. The van der Waals surface area contributed by atoms with Gasteiger partial charge in [0.1, 0.15) is 18.1 Å². The van der Waals surface area contributed by atoms with Gasteiger partial charge in [-0.1, -0.05) is 0 Å². The van der Waals surface area contributed by atoms with Crippen molar-refractivity contribution in [2.24, 2.45) is 10.7 Å². The molecule has 2 saturated heterocycles. The fourth-order valence-electron chi connectivity index (χ4n) is 4.28. The van der Waals surface area contributed by atoms with Crippen LogP contribution in [0, 0.1) is 11.6 Å². The normalized spacial score (nSPS) is 18.7. The Morgan fingerprint density at radius 3 is 2.39 bits per heavy atom. The van der Waals surface area contributed by atoms with E-state index >= 15 is 0 Å². The minimum atomic E-state index is -0.897. The Hall–Kier alpha value is -4.04. The van der Waals surface area contributed by atoms with Crippen molar-refractivity contribution in [2.75, 3.05) is 59.4 Å². The third-order valence-electron chi connectivity index (χ3n) is 6.68. The molecular formula is C27H35F2N7O5. The first-order valence-electron chi connectivity index (χ1n) is 13.2. The lowest BCUT2D eigenvalue weighted by molar-refractivity contribution is -0.128. The molecular weight excluding hydrogens is 540 g/mol. The van der Waals surface area contributed by atoms with Gasteiger partial charge in [-0.2, -0.15) is 0 Å². The monoisotopic (exact) mass is 575 g/mol. The van der Waals surface area contributed by atoms with Crippen LogP contribution < -0.4 is 25.3 Å². The van der Waals surface area contributed by atoms with E-state index < -0.39 is 24.5 Å². The van der Waals surface area contributed by atoms with Gasteiger partial charge in [-0.3, -0.25) is 4.79 Å². The predicted octanol–water partition coefficient (Wildman–Crippen LogP) is 2.30. The molecule has 12 nitrogen and oxygen atoms in total. The fraction of sp³-hybridized carbons (Fsp3) is 0.481. The van der Waals surface area contributed by atoms with Crippen molar-refractivity contribution in [3.8, 4) is 17.2 Å². The Kier molecular flexibility index (Phi) is 10.2. The molecule has 2 fully saturated rings. The molecule has 0 spiro atoms. The minimum absolute atomic E-state index is 0.0225. The number of benzene rings is 1. The number of halogens is 2. The molecule has 41 heavy (non-hydrogen) atoms. The number of hydrogen-bond donors (Lipinski definition) is 2. The van der Waals surface area contributed by atoms with E-state index in [4.69, 9.17) is 24.7 Å². The molecule has 4 rings (SSSR count). The third kappa shape index (κ3) is 7.79. The molecule has 1 amide bonds. The summed E-state index contributed by atoms with van der Waals surface area (Å²) in [5.41, 5.74) is 5.84. The zero-order chi connectivity index (χ0) is 29.4. The van der Waals surface area contributed by atoms with Crippen molar-refractivity contribution in [2.45, 2.75) is 32.1 Å². The second-order valence-electron chi connectivity index (χ2n) is 9.57. The van der Waals surface area contributed by atoms with Crippen LogP contribution in [0.3, 0.4) is 0 Å². The van der Waals surface area contributed by atoms with E-state index in [1.165, 1.54) is 32.7 Å². The quantitative estimate of drug-likeness (QED) is 0.260. The Morgan fingerprint density at radius 1 is 1.15 bits per heavy atom. The first-order chi connectivity index (χ1) is 19.8. The van der Waals surface area contributed by atoms with E-state index in [1.54, 1.807) is 4.90 Å². The molecule has 0 saturated carbocycles. The number of rotatable bonds is 9. The summed E-state index contributed by atoms with van der Waals surface area (Å²) >= 11 is 0. The Labute approximate surface area is 237 Å². The Balaban J connectivity index is 1.47. The van der Waals surface area contributed by atoms with E-state index in [1.807, 2.05) is 7.05 Å². The van der Waals surface area contributed by atoms with Crippen molar-refractivity contribution < 1.29 is 32.5 Å². The molecule has 0 bridgehead atoms. The van der Waals surface area contributed by atoms with Gasteiger partial charge in [0, 0.05) is 44.9 Å². The number of carbonyl (C=O) groups is 1. The molecule has 1 aromatic carbocycles. The molecule has 2 aliphatic heterocycles. The van der Waals surface area contributed by atoms with Crippen LogP contribution in [0.15, 0.2) is 35.2 Å². The smallest absolute Gasteiger partial charge is 0.269 e. The molecule has 14 heteroatoms. The lowest BCUT2D eigenvalue weighted by Crippen LogP contribution is -2.48. The number of likely N-dealkylation sites (N-methyl/N-ethyl adjacent to an activating group) is 1. The molecule has 0 radical (unpaired) electrons. The average molecular weight is 576 g/mol. The number of hydrogen-bond acceptors (Lipinski definition) is 10. The summed E-state index contributed by atoms with van der Waals surface area (Å²) in [6.07, 6.45) is 6.36. The first kappa shape index (κ1) is 29.9. The molecule has 1 aromatic heterocycles. The van der Waals surface area contributed by atoms with Crippen molar-refractivity contribution >= 4 is 17.7 Å². The summed E-state index contributed by atoms with van der Waals surface area (Å²) < 4.78 is 50.4. The van der Waals surface area contributed by atoms with Crippen LogP contribution in [0.1, 0.15) is 24.8 Å². The highest BCUT2D eigenvalue weighted by molar-refractivity contribution is 6.08. The molecule has 2 aliphatic rings. The van der Waals surface area contributed by atoms with Gasteiger partial charge >= 0.3 is 0 Å². The largest absolute Gasteiger partial charge is 0.494 e. The number of methoxy groups -OCH3 is 2. The number of nitrogens with two attached hydrogens (primary N) is 1. The standard InChI is InChI=1S/C27H35F2N7O5/c1-35-7-9-36(10-8-35)26(37)19(30)12-22(33-23-6-4-5-11-40-23)34-27-31-14-17(15-32-27)41-16-18-24(28)20(38-2)13-21(39-3)25(18)29/h12-15,23H,4-11,16,30H2,1-3H3,(H,31,32,33,34)/b19-12-. The molecule has 3 heterocycles. The Morgan fingerprint density at radius 2 is 1.80 bits per heavy atom. The number of aromatic nitrogens is 2. The van der Waals surface area contributed by atoms with Crippen molar-refractivity contribution in [1.82, 2.24) is 19.8 Å². The first-order valence-corrected chi connectivity index (χ1v) is 13.2. The van der Waals surface area contributed by atoms with Gasteiger partial charge in [-0.15, -0.1) is 0 Å². The van der Waals surface area contributed by atoms with Gasteiger partial charge in [0.2, 0.25) is 5.95 Å². The molecule has 1 unspecified atom stereocenters. The maximum atomic E-state index is 14.6. The van der Waals surface area contributed by atoms with Gasteiger partial charge in [0.15, 0.2) is 35.1 Å². The lowest BCUT2D eigenvalue weighted by Gasteiger charge is -2.32. The molecule has 1 atom stereocenters. The van der Waals surface area contributed by atoms with Crippen molar-refractivity contribution in [1.29, 1.82) is 0 Å². The maximum Gasteiger partial charge on any atom is 0.269 e. The van der Waals surface area contributed by atoms with Crippen molar-refractivity contribution in [3.63, 3.8) is 0 Å². The van der Waals surface area contributed by atoms with E-state index in [9.17, 15) is 13.6 Å². The van der Waals surface area contributed by atoms with Crippen molar-refractivity contribution in [3.05, 3.63) is 47.4 Å². The molecule has 222 valence electrons. The summed E-state index contributed by atoms with van der Waals surface area (Å²) in [7, 11) is 4.54. The van der Waals surface area contributed by atoms with Crippen LogP contribution in [0.5, 0.6) is 17.2 Å². The number of nitrogens with zero attached hydrogens (tertiary/aromatic N) is 5. The summed E-state index contributed by atoms with van der Waals surface area (Å²) in [5, 5.41) is 2.98. The fourth-order valence-corrected chi connectivity index (χ4v) is 4.28. The second kappa shape index (κ2) is 14.0. The van der Waals surface area contributed by atoms with Crippen LogP contribution in [0.2, 0.25) is 0 Å². The van der Waals surface area contributed by atoms with Crippen LogP contribution in [-0.2, 0) is 16.1 Å². The Bertz CT molecular complexity index is 1230. The number of ether oxygens (including phenoxy) is 4. The highest BCUT2D eigenvalue weighted by atomic mass is 19.1. The zero-order valence-corrected chi connectivity index (χ0v) is 23.4. The lowest BCUT2D eigenvalue weighted by atomic mass is 10.1. The number of aliphatic imine (C=N–C) groups is 1. The van der Waals surface area contributed by atoms with E-state index in [0.29, 0.717) is 19.7 Å². The second-order valence-corrected chi connectivity index (χ2v) is 9.57. The van der Waals surface area contributed by atoms with Gasteiger partial charge in [-0.25, -0.2) is 23.7 Å². The average Bonchev–Trinajstić information content (AvgIpc) is 2.98. The summed E-state index contributed by atoms with van der Waals surface area (Å²) in [6, 6.07) is 1.12. The van der Waals surface area contributed by atoms with E-state index in [0.717, 1.165) is 38.4 Å². The predicted molar refractivity (Wildman–Crippen MR) is 147 cm³/mol.